The Hall–Kier alpha value is -1.32. The Kier molecular flexibility index (Phi) is 3.37. The molecule has 2 bridgehead atoms. The second-order valence-electron chi connectivity index (χ2n) is 8.16. The van der Waals surface area contributed by atoms with Gasteiger partial charge in [-0.3, -0.25) is 9.59 Å². The summed E-state index contributed by atoms with van der Waals surface area (Å²) >= 11 is 0. The van der Waals surface area contributed by atoms with Crippen LogP contribution in [0.25, 0.3) is 0 Å². The van der Waals surface area contributed by atoms with Crippen LogP contribution in [0, 0.1) is 35.0 Å². The Balaban J connectivity index is 1.49. The quantitative estimate of drug-likeness (QED) is 0.454. The summed E-state index contributed by atoms with van der Waals surface area (Å²) in [4.78, 5) is 24.6. The summed E-state index contributed by atoms with van der Waals surface area (Å²) in [5, 5.41) is 0. The molecule has 5 atom stereocenters. The first kappa shape index (κ1) is 15.2. The van der Waals surface area contributed by atoms with Gasteiger partial charge in [0.25, 0.3) is 0 Å². The summed E-state index contributed by atoms with van der Waals surface area (Å²) in [5.41, 5.74) is 1.36. The van der Waals surface area contributed by atoms with Crippen LogP contribution < -0.4 is 0 Å². The number of allylic oxidation sites excluding steroid dienone is 2. The zero-order valence-electron chi connectivity index (χ0n) is 14.3. The Bertz CT molecular complexity index is 558. The van der Waals surface area contributed by atoms with Gasteiger partial charge in [-0.25, -0.2) is 0 Å². The molecule has 4 aliphatic rings. The van der Waals surface area contributed by atoms with Crippen molar-refractivity contribution in [3.8, 4) is 0 Å². The highest BCUT2D eigenvalue weighted by atomic mass is 16.5. The van der Waals surface area contributed by atoms with Gasteiger partial charge in [0.15, 0.2) is 5.41 Å². The van der Waals surface area contributed by atoms with Crippen molar-refractivity contribution in [2.45, 2.75) is 45.4 Å². The predicted octanol–water partition coefficient (Wildman–Crippen LogP) is 3.11. The summed E-state index contributed by atoms with van der Waals surface area (Å²) < 4.78 is 9.86. The lowest BCUT2D eigenvalue weighted by Crippen LogP contribution is -2.39. The highest BCUT2D eigenvalue weighted by Crippen LogP contribution is 2.71. The zero-order valence-corrected chi connectivity index (χ0v) is 14.3. The van der Waals surface area contributed by atoms with Gasteiger partial charge in [0.2, 0.25) is 0 Å². The van der Waals surface area contributed by atoms with Crippen LogP contribution in [0.15, 0.2) is 11.1 Å². The van der Waals surface area contributed by atoms with Gasteiger partial charge in [0, 0.05) is 0 Å². The van der Waals surface area contributed by atoms with E-state index in [0.29, 0.717) is 12.8 Å². The fourth-order valence-corrected chi connectivity index (χ4v) is 6.23. The second-order valence-corrected chi connectivity index (χ2v) is 8.16. The van der Waals surface area contributed by atoms with E-state index in [1.807, 2.05) is 0 Å². The number of methoxy groups -OCH3 is 2. The van der Waals surface area contributed by atoms with Crippen molar-refractivity contribution in [2.24, 2.45) is 35.0 Å². The first-order chi connectivity index (χ1) is 11.0. The predicted molar refractivity (Wildman–Crippen MR) is 84.3 cm³/mol. The Morgan fingerprint density at radius 2 is 1.61 bits per heavy atom. The van der Waals surface area contributed by atoms with Crippen LogP contribution in [-0.4, -0.2) is 26.2 Å². The molecule has 0 aromatic carbocycles. The third-order valence-corrected chi connectivity index (χ3v) is 7.21. The van der Waals surface area contributed by atoms with Gasteiger partial charge in [-0.1, -0.05) is 11.1 Å². The van der Waals surface area contributed by atoms with Crippen molar-refractivity contribution in [1.29, 1.82) is 0 Å². The molecule has 0 N–H and O–H groups in total. The minimum Gasteiger partial charge on any atom is -0.468 e. The van der Waals surface area contributed by atoms with Gasteiger partial charge in [-0.2, -0.15) is 0 Å². The number of hydrogen-bond acceptors (Lipinski definition) is 4. The molecule has 0 saturated heterocycles. The van der Waals surface area contributed by atoms with E-state index in [-0.39, 0.29) is 0 Å². The van der Waals surface area contributed by atoms with E-state index in [1.54, 1.807) is 0 Å². The normalized spacial score (nSPS) is 39.3. The van der Waals surface area contributed by atoms with Gasteiger partial charge in [0.05, 0.1) is 14.2 Å². The van der Waals surface area contributed by atoms with E-state index >= 15 is 0 Å². The van der Waals surface area contributed by atoms with E-state index in [0.717, 1.165) is 36.0 Å². The molecule has 3 saturated carbocycles. The molecule has 0 radical (unpaired) electrons. The maximum absolute atomic E-state index is 12.3. The summed E-state index contributed by atoms with van der Waals surface area (Å²) in [5.74, 6) is 3.69. The van der Waals surface area contributed by atoms with Gasteiger partial charge >= 0.3 is 11.9 Å². The van der Waals surface area contributed by atoms with Crippen molar-refractivity contribution in [3.63, 3.8) is 0 Å². The number of fused-ring (bicyclic) bond motifs is 5. The average molecular weight is 318 g/mol. The molecule has 0 heterocycles. The van der Waals surface area contributed by atoms with E-state index in [9.17, 15) is 9.59 Å². The average Bonchev–Trinajstić information content (AvgIpc) is 2.90. The van der Waals surface area contributed by atoms with Crippen molar-refractivity contribution in [1.82, 2.24) is 0 Å². The smallest absolute Gasteiger partial charge is 0.323 e. The summed E-state index contributed by atoms with van der Waals surface area (Å²) in [6.07, 6.45) is 6.32. The number of carbonyl (C=O) groups excluding carboxylic acids is 2. The number of rotatable bonds is 4. The van der Waals surface area contributed by atoms with Crippen molar-refractivity contribution in [3.05, 3.63) is 11.1 Å². The molecule has 0 amide bonds. The van der Waals surface area contributed by atoms with Crippen molar-refractivity contribution >= 4 is 11.9 Å². The van der Waals surface area contributed by atoms with Crippen LogP contribution in [0.5, 0.6) is 0 Å². The molecule has 126 valence electrons. The fraction of sp³-hybridized carbons (Fsp3) is 0.789. The monoisotopic (exact) mass is 318 g/mol. The summed E-state index contributed by atoms with van der Waals surface area (Å²) in [6.45, 7) is 2.07. The van der Waals surface area contributed by atoms with Crippen LogP contribution in [0.4, 0.5) is 0 Å². The van der Waals surface area contributed by atoms with E-state index in [1.165, 1.54) is 44.6 Å². The first-order valence-corrected chi connectivity index (χ1v) is 8.86. The molecule has 0 spiro atoms. The second kappa shape index (κ2) is 5.09. The molecule has 4 heteroatoms. The zero-order chi connectivity index (χ0) is 16.4. The molecule has 4 aliphatic carbocycles. The van der Waals surface area contributed by atoms with Crippen LogP contribution in [0.1, 0.15) is 45.4 Å². The highest BCUT2D eigenvalue weighted by molar-refractivity contribution is 6.01. The minimum absolute atomic E-state index is 0.449. The van der Waals surface area contributed by atoms with Crippen LogP contribution in [0.2, 0.25) is 0 Å². The van der Waals surface area contributed by atoms with E-state index in [2.05, 4.69) is 6.92 Å². The van der Waals surface area contributed by atoms with Gasteiger partial charge in [-0.05, 0) is 75.0 Å². The molecule has 4 nitrogen and oxygen atoms in total. The van der Waals surface area contributed by atoms with Crippen LogP contribution >= 0.6 is 0 Å². The number of ether oxygens (including phenoxy) is 2. The number of hydrogen-bond donors (Lipinski definition) is 0. The topological polar surface area (TPSA) is 52.6 Å². The SMILES string of the molecule is COC(=O)C1(C(=O)OC)CC(C)=C(CC2[C@@H]3[C@H]4CC[C@H](C4)[C@H]23)C1. The van der Waals surface area contributed by atoms with Gasteiger partial charge in [0.1, 0.15) is 0 Å². The minimum atomic E-state index is -1.13. The van der Waals surface area contributed by atoms with Gasteiger partial charge in [-0.15, -0.1) is 0 Å². The van der Waals surface area contributed by atoms with E-state index < -0.39 is 17.4 Å². The fourth-order valence-electron chi connectivity index (χ4n) is 6.23. The van der Waals surface area contributed by atoms with E-state index in [4.69, 9.17) is 9.47 Å². The molecular formula is C19H26O4. The maximum Gasteiger partial charge on any atom is 0.323 e. The summed E-state index contributed by atoms with van der Waals surface area (Å²) in [6, 6.07) is 0. The largest absolute Gasteiger partial charge is 0.468 e. The lowest BCUT2D eigenvalue weighted by atomic mass is 9.83. The Morgan fingerprint density at radius 3 is 2.13 bits per heavy atom. The third-order valence-electron chi connectivity index (χ3n) is 7.21. The maximum atomic E-state index is 12.3. The van der Waals surface area contributed by atoms with Crippen LogP contribution in [-0.2, 0) is 19.1 Å². The molecule has 23 heavy (non-hydrogen) atoms. The molecular weight excluding hydrogens is 292 g/mol. The Labute approximate surface area is 137 Å². The highest BCUT2D eigenvalue weighted by Gasteiger charge is 2.65. The first-order valence-electron chi connectivity index (χ1n) is 8.86. The lowest BCUT2D eigenvalue weighted by Gasteiger charge is -2.23. The molecule has 0 aliphatic heterocycles. The Morgan fingerprint density at radius 1 is 1.04 bits per heavy atom. The standard InChI is InChI=1S/C19H26O4/c1-10-8-19(17(20)22-2,18(21)23-3)9-13(10)7-14-15-11-4-5-12(6-11)16(14)15/h11-12,14-16H,4-9H2,1-3H3/t11-,12+,14?,15-,16+. The number of carbonyl (C=O) groups is 2. The molecule has 3 fully saturated rings. The third kappa shape index (κ3) is 2.03. The van der Waals surface area contributed by atoms with Gasteiger partial charge < -0.3 is 9.47 Å². The van der Waals surface area contributed by atoms with Crippen molar-refractivity contribution in [2.75, 3.05) is 14.2 Å². The molecule has 0 aromatic rings. The van der Waals surface area contributed by atoms with Crippen molar-refractivity contribution < 1.29 is 19.1 Å². The summed E-state index contributed by atoms with van der Waals surface area (Å²) in [7, 11) is 2.70. The molecule has 0 aromatic heterocycles. The molecule has 4 rings (SSSR count). The molecule has 1 unspecified atom stereocenters. The van der Waals surface area contributed by atoms with Crippen LogP contribution in [0.3, 0.4) is 0 Å². The number of esters is 2. The lowest BCUT2D eigenvalue weighted by molar-refractivity contribution is -0.168.